The van der Waals surface area contributed by atoms with Crippen molar-refractivity contribution in [3.63, 3.8) is 0 Å². The zero-order chi connectivity index (χ0) is 7.98. The van der Waals surface area contributed by atoms with Crippen molar-refractivity contribution in [2.45, 2.75) is 31.5 Å². The minimum atomic E-state index is -1.62. The fraction of sp³-hybridized carbons (Fsp3) is 1.00. The van der Waals surface area contributed by atoms with Gasteiger partial charge in [0.15, 0.2) is 0 Å². The molecule has 2 atom stereocenters. The van der Waals surface area contributed by atoms with Crippen LogP contribution in [-0.2, 0) is 4.80 Å². The molecule has 0 bridgehead atoms. The molecular weight excluding hydrogens is 144 g/mol. The molecule has 2 unspecified atom stereocenters. The Kier molecular flexibility index (Phi) is 5.91. The van der Waals surface area contributed by atoms with Crippen molar-refractivity contribution in [2.24, 2.45) is 11.5 Å². The average molecular weight is 161 g/mol. The summed E-state index contributed by atoms with van der Waals surface area (Å²) in [6, 6.07) is 0.968. The van der Waals surface area contributed by atoms with E-state index in [9.17, 15) is 4.80 Å². The fourth-order valence-electron chi connectivity index (χ4n) is 0.807. The SMILES string of the molecule is C[SiH]([O])CCC(N)CCN. The van der Waals surface area contributed by atoms with Crippen molar-refractivity contribution in [1.82, 2.24) is 0 Å². The summed E-state index contributed by atoms with van der Waals surface area (Å²) in [7, 11) is -1.62. The molecule has 0 amide bonds. The van der Waals surface area contributed by atoms with Gasteiger partial charge in [0.05, 0.1) is 0 Å². The molecule has 4 N–H and O–H groups in total. The van der Waals surface area contributed by atoms with Crippen LogP contribution in [0.1, 0.15) is 12.8 Å². The van der Waals surface area contributed by atoms with Crippen molar-refractivity contribution in [2.75, 3.05) is 6.54 Å². The third kappa shape index (κ3) is 6.22. The van der Waals surface area contributed by atoms with Crippen LogP contribution in [0.5, 0.6) is 0 Å². The summed E-state index contributed by atoms with van der Waals surface area (Å²) in [4.78, 5) is 10.7. The van der Waals surface area contributed by atoms with E-state index in [0.717, 1.165) is 18.9 Å². The second-order valence-corrected chi connectivity index (χ2v) is 4.92. The quantitative estimate of drug-likeness (QED) is 0.550. The van der Waals surface area contributed by atoms with Crippen LogP contribution in [0.3, 0.4) is 0 Å². The zero-order valence-electron chi connectivity index (χ0n) is 6.55. The highest BCUT2D eigenvalue weighted by molar-refractivity contribution is 6.48. The predicted octanol–water partition coefficient (Wildman–Crippen LogP) is -0.163. The Morgan fingerprint density at radius 1 is 1.50 bits per heavy atom. The molecule has 61 valence electrons. The van der Waals surface area contributed by atoms with Gasteiger partial charge in [0.2, 0.25) is 9.04 Å². The third-order valence-corrected chi connectivity index (χ3v) is 2.63. The molecule has 0 saturated heterocycles. The minimum absolute atomic E-state index is 0.161. The summed E-state index contributed by atoms with van der Waals surface area (Å²) >= 11 is 0. The van der Waals surface area contributed by atoms with E-state index in [1.54, 1.807) is 6.55 Å². The van der Waals surface area contributed by atoms with Gasteiger partial charge in [-0.1, -0.05) is 0 Å². The second-order valence-electron chi connectivity index (χ2n) is 2.73. The van der Waals surface area contributed by atoms with Crippen molar-refractivity contribution in [3.8, 4) is 0 Å². The van der Waals surface area contributed by atoms with Crippen LogP contribution in [-0.4, -0.2) is 21.6 Å². The van der Waals surface area contributed by atoms with Gasteiger partial charge in [-0.25, -0.2) is 0 Å². The fourth-order valence-corrected chi connectivity index (χ4v) is 1.70. The first-order valence-corrected chi connectivity index (χ1v) is 6.22. The maximum absolute atomic E-state index is 10.7. The molecule has 0 aromatic carbocycles. The summed E-state index contributed by atoms with van der Waals surface area (Å²) in [6.07, 6.45) is 1.72. The van der Waals surface area contributed by atoms with Gasteiger partial charge < -0.3 is 16.3 Å². The predicted molar refractivity (Wildman–Crippen MR) is 44.8 cm³/mol. The van der Waals surface area contributed by atoms with E-state index in [1.807, 2.05) is 0 Å². The number of hydrogen-bond acceptors (Lipinski definition) is 2. The van der Waals surface area contributed by atoms with Gasteiger partial charge in [-0.3, -0.25) is 0 Å². The summed E-state index contributed by atoms with van der Waals surface area (Å²) in [5, 5.41) is 0. The Balaban J connectivity index is 3.12. The number of rotatable bonds is 5. The molecule has 0 heterocycles. The van der Waals surface area contributed by atoms with Crippen LogP contribution in [0, 0.1) is 0 Å². The summed E-state index contributed by atoms with van der Waals surface area (Å²) in [6.45, 7) is 2.44. The van der Waals surface area contributed by atoms with Crippen LogP contribution in [0.2, 0.25) is 12.6 Å². The summed E-state index contributed by atoms with van der Waals surface area (Å²) in [5.74, 6) is 0. The van der Waals surface area contributed by atoms with E-state index in [2.05, 4.69) is 0 Å². The highest BCUT2D eigenvalue weighted by atomic mass is 28.3. The average Bonchev–Trinajstić information content (AvgIpc) is 1.85. The molecule has 4 heteroatoms. The molecule has 0 spiro atoms. The Morgan fingerprint density at radius 3 is 2.50 bits per heavy atom. The van der Waals surface area contributed by atoms with Crippen molar-refractivity contribution in [3.05, 3.63) is 0 Å². The smallest absolute Gasteiger partial charge is 0.219 e. The zero-order valence-corrected chi connectivity index (χ0v) is 7.70. The standard InChI is InChI=1S/C6H17N2OSi/c1-10(9)5-3-6(8)2-4-7/h6,10H,2-5,7-8H2,1H3. The largest absolute Gasteiger partial charge is 0.330 e. The normalized spacial score (nSPS) is 16.8. The lowest BCUT2D eigenvalue weighted by Crippen LogP contribution is -2.24. The van der Waals surface area contributed by atoms with Crippen LogP contribution in [0.4, 0.5) is 0 Å². The van der Waals surface area contributed by atoms with E-state index in [1.165, 1.54) is 0 Å². The molecule has 0 aromatic heterocycles. The highest BCUT2D eigenvalue weighted by Gasteiger charge is 2.05. The Hall–Kier alpha value is 0.0969. The van der Waals surface area contributed by atoms with Gasteiger partial charge in [0.25, 0.3) is 0 Å². The summed E-state index contributed by atoms with van der Waals surface area (Å²) in [5.41, 5.74) is 10.9. The molecule has 10 heavy (non-hydrogen) atoms. The van der Waals surface area contributed by atoms with Gasteiger partial charge in [-0.15, -0.1) is 0 Å². The lowest BCUT2D eigenvalue weighted by molar-refractivity contribution is 0.445. The lowest BCUT2D eigenvalue weighted by atomic mass is 10.2. The van der Waals surface area contributed by atoms with E-state index in [0.29, 0.717) is 6.54 Å². The number of hydrogen-bond donors (Lipinski definition) is 2. The first-order chi connectivity index (χ1) is 4.66. The van der Waals surface area contributed by atoms with E-state index in [-0.39, 0.29) is 6.04 Å². The van der Waals surface area contributed by atoms with Crippen LogP contribution >= 0.6 is 0 Å². The lowest BCUT2D eigenvalue weighted by Gasteiger charge is -2.08. The molecule has 0 saturated carbocycles. The first kappa shape index (κ1) is 10.1. The maximum atomic E-state index is 10.7. The molecule has 0 aromatic rings. The van der Waals surface area contributed by atoms with E-state index in [4.69, 9.17) is 11.5 Å². The third-order valence-electron chi connectivity index (χ3n) is 1.48. The minimum Gasteiger partial charge on any atom is -0.330 e. The van der Waals surface area contributed by atoms with Crippen LogP contribution in [0.15, 0.2) is 0 Å². The van der Waals surface area contributed by atoms with Crippen molar-refractivity contribution in [1.29, 1.82) is 0 Å². The van der Waals surface area contributed by atoms with Crippen molar-refractivity contribution < 1.29 is 4.80 Å². The van der Waals surface area contributed by atoms with Crippen molar-refractivity contribution >= 4 is 9.04 Å². The van der Waals surface area contributed by atoms with Crippen LogP contribution < -0.4 is 11.5 Å². The first-order valence-electron chi connectivity index (χ1n) is 3.78. The van der Waals surface area contributed by atoms with Crippen LogP contribution in [0.25, 0.3) is 0 Å². The molecule has 0 fully saturated rings. The van der Waals surface area contributed by atoms with Gasteiger partial charge >= 0.3 is 0 Å². The molecule has 1 radical (unpaired) electrons. The van der Waals surface area contributed by atoms with Gasteiger partial charge in [-0.05, 0) is 32.0 Å². The Morgan fingerprint density at radius 2 is 2.10 bits per heavy atom. The van der Waals surface area contributed by atoms with E-state index < -0.39 is 9.04 Å². The molecule has 0 aliphatic heterocycles. The van der Waals surface area contributed by atoms with Gasteiger partial charge in [0.1, 0.15) is 0 Å². The monoisotopic (exact) mass is 161 g/mol. The molecule has 0 aliphatic carbocycles. The molecule has 0 rings (SSSR count). The molecule has 0 aliphatic rings. The van der Waals surface area contributed by atoms with Gasteiger partial charge in [0, 0.05) is 6.04 Å². The summed E-state index contributed by atoms with van der Waals surface area (Å²) < 4.78 is 0. The Bertz CT molecular complexity index is 80.1. The van der Waals surface area contributed by atoms with E-state index >= 15 is 0 Å². The van der Waals surface area contributed by atoms with Gasteiger partial charge in [-0.2, -0.15) is 0 Å². The maximum Gasteiger partial charge on any atom is 0.219 e. The molecular formula is C6H17N2OSi. The molecule has 3 nitrogen and oxygen atoms in total. The highest BCUT2D eigenvalue weighted by Crippen LogP contribution is 2.00. The Labute approximate surface area is 64.1 Å². The second kappa shape index (κ2) is 5.85. The topological polar surface area (TPSA) is 71.9 Å². The number of nitrogens with two attached hydrogens (primary N) is 2.